The van der Waals surface area contributed by atoms with Gasteiger partial charge in [0.05, 0.1) is 6.20 Å². The molecule has 0 saturated heterocycles. The minimum atomic E-state index is -4.50. The molecule has 0 radical (unpaired) electrons. The van der Waals surface area contributed by atoms with E-state index in [0.29, 0.717) is 0 Å². The summed E-state index contributed by atoms with van der Waals surface area (Å²) in [5, 5.41) is 0.263. The topological polar surface area (TPSA) is 35.0 Å². The molecule has 0 aliphatic heterocycles. The average Bonchev–Trinajstić information content (AvgIpc) is 2.31. The molecular weight excluding hydrogens is 269 g/mol. The van der Waals surface area contributed by atoms with E-state index in [-0.39, 0.29) is 16.8 Å². The Bertz CT molecular complexity index is 543. The lowest BCUT2D eigenvalue weighted by molar-refractivity contribution is -0.141. The maximum Gasteiger partial charge on any atom is 0.433 e. The zero-order chi connectivity index (χ0) is 13.2. The van der Waals surface area contributed by atoms with E-state index in [1.54, 1.807) is 0 Å². The molecule has 0 aliphatic rings. The lowest BCUT2D eigenvalue weighted by Gasteiger charge is -2.08. The van der Waals surface area contributed by atoms with Crippen molar-refractivity contribution in [3.63, 3.8) is 0 Å². The molecule has 3 nitrogen and oxygen atoms in total. The number of hydrogen-bond donors (Lipinski definition) is 0. The van der Waals surface area contributed by atoms with Crippen molar-refractivity contribution in [2.24, 2.45) is 0 Å². The standard InChI is InChI=1S/C11H6ClF3N2O/c12-9-5-4-7(6-16-9)18-10-3-1-2-8(17-10)11(13,14)15/h1-6H. The number of rotatable bonds is 2. The molecule has 0 fully saturated rings. The molecule has 94 valence electrons. The summed E-state index contributed by atoms with van der Waals surface area (Å²) in [5.74, 6) is 0.0974. The summed E-state index contributed by atoms with van der Waals surface area (Å²) in [6.45, 7) is 0. The number of pyridine rings is 2. The zero-order valence-corrected chi connectivity index (χ0v) is 9.53. The van der Waals surface area contributed by atoms with E-state index in [0.717, 1.165) is 6.07 Å². The molecule has 0 bridgehead atoms. The summed E-state index contributed by atoms with van der Waals surface area (Å²) in [6, 6.07) is 6.35. The summed E-state index contributed by atoms with van der Waals surface area (Å²) < 4.78 is 42.4. The van der Waals surface area contributed by atoms with Crippen molar-refractivity contribution in [2.45, 2.75) is 6.18 Å². The van der Waals surface area contributed by atoms with Crippen molar-refractivity contribution in [2.75, 3.05) is 0 Å². The third-order valence-corrected chi connectivity index (χ3v) is 2.16. The SMILES string of the molecule is FC(F)(F)c1cccc(Oc2ccc(Cl)nc2)n1. The predicted octanol–water partition coefficient (Wildman–Crippen LogP) is 3.94. The zero-order valence-electron chi connectivity index (χ0n) is 8.78. The van der Waals surface area contributed by atoms with Gasteiger partial charge in [0, 0.05) is 6.07 Å². The van der Waals surface area contributed by atoms with E-state index in [4.69, 9.17) is 16.3 Å². The van der Waals surface area contributed by atoms with Crippen LogP contribution in [0.5, 0.6) is 11.6 Å². The van der Waals surface area contributed by atoms with E-state index >= 15 is 0 Å². The number of hydrogen-bond acceptors (Lipinski definition) is 3. The lowest BCUT2D eigenvalue weighted by Crippen LogP contribution is -2.07. The average molecular weight is 275 g/mol. The van der Waals surface area contributed by atoms with E-state index in [1.807, 2.05) is 0 Å². The van der Waals surface area contributed by atoms with E-state index in [2.05, 4.69) is 9.97 Å². The van der Waals surface area contributed by atoms with Gasteiger partial charge in [-0.3, -0.25) is 0 Å². The van der Waals surface area contributed by atoms with Crippen LogP contribution in [-0.2, 0) is 6.18 Å². The molecule has 2 aromatic rings. The van der Waals surface area contributed by atoms with Crippen LogP contribution in [0.15, 0.2) is 36.5 Å². The third-order valence-electron chi connectivity index (χ3n) is 1.94. The molecular formula is C11H6ClF3N2O. The van der Waals surface area contributed by atoms with Gasteiger partial charge in [0.2, 0.25) is 5.88 Å². The van der Waals surface area contributed by atoms with Crippen LogP contribution in [0.25, 0.3) is 0 Å². The number of ether oxygens (including phenoxy) is 1. The summed E-state index contributed by atoms with van der Waals surface area (Å²) in [5.41, 5.74) is -1.01. The molecule has 0 N–H and O–H groups in total. The highest BCUT2D eigenvalue weighted by Crippen LogP contribution is 2.29. The molecule has 2 rings (SSSR count). The second-order valence-electron chi connectivity index (χ2n) is 3.28. The van der Waals surface area contributed by atoms with Gasteiger partial charge in [0.15, 0.2) is 0 Å². The Morgan fingerprint density at radius 2 is 1.89 bits per heavy atom. The van der Waals surface area contributed by atoms with Crippen molar-refractivity contribution >= 4 is 11.6 Å². The second-order valence-corrected chi connectivity index (χ2v) is 3.66. The van der Waals surface area contributed by atoms with Gasteiger partial charge in [0.25, 0.3) is 0 Å². The third kappa shape index (κ3) is 3.10. The first-order chi connectivity index (χ1) is 8.45. The molecule has 0 saturated carbocycles. The van der Waals surface area contributed by atoms with Crippen molar-refractivity contribution in [1.82, 2.24) is 9.97 Å². The van der Waals surface area contributed by atoms with Gasteiger partial charge < -0.3 is 4.74 Å². The first-order valence-electron chi connectivity index (χ1n) is 4.79. The van der Waals surface area contributed by atoms with Crippen LogP contribution in [0.4, 0.5) is 13.2 Å². The highest BCUT2D eigenvalue weighted by Gasteiger charge is 2.32. The van der Waals surface area contributed by atoms with Gasteiger partial charge in [-0.2, -0.15) is 13.2 Å². The minimum Gasteiger partial charge on any atom is -0.437 e. The fourth-order valence-corrected chi connectivity index (χ4v) is 1.28. The molecule has 2 heterocycles. The van der Waals surface area contributed by atoms with Crippen LogP contribution < -0.4 is 4.74 Å². The Kier molecular flexibility index (Phi) is 3.38. The number of nitrogens with zero attached hydrogens (tertiary/aromatic N) is 2. The molecule has 0 unspecified atom stereocenters. The highest BCUT2D eigenvalue weighted by atomic mass is 35.5. The van der Waals surface area contributed by atoms with Gasteiger partial charge in [-0.15, -0.1) is 0 Å². The summed E-state index contributed by atoms with van der Waals surface area (Å²) in [4.78, 5) is 7.09. The van der Waals surface area contributed by atoms with Gasteiger partial charge in [-0.25, -0.2) is 9.97 Å². The van der Waals surface area contributed by atoms with Crippen molar-refractivity contribution in [3.05, 3.63) is 47.4 Å². The molecule has 18 heavy (non-hydrogen) atoms. The van der Waals surface area contributed by atoms with Gasteiger partial charge >= 0.3 is 6.18 Å². The summed E-state index contributed by atoms with van der Waals surface area (Å²) >= 11 is 5.57. The summed E-state index contributed by atoms with van der Waals surface area (Å²) in [7, 11) is 0. The Hall–Kier alpha value is -1.82. The van der Waals surface area contributed by atoms with E-state index in [1.165, 1.54) is 30.5 Å². The number of alkyl halides is 3. The van der Waals surface area contributed by atoms with E-state index < -0.39 is 11.9 Å². The Morgan fingerprint density at radius 1 is 1.11 bits per heavy atom. The molecule has 0 aromatic carbocycles. The summed E-state index contributed by atoms with van der Waals surface area (Å²) in [6.07, 6.45) is -3.21. The van der Waals surface area contributed by atoms with Crippen LogP contribution in [0, 0.1) is 0 Å². The maximum atomic E-state index is 12.4. The van der Waals surface area contributed by atoms with Crippen LogP contribution in [0.2, 0.25) is 5.15 Å². The molecule has 7 heteroatoms. The van der Waals surface area contributed by atoms with Crippen LogP contribution in [-0.4, -0.2) is 9.97 Å². The Balaban J connectivity index is 2.22. The first kappa shape index (κ1) is 12.6. The predicted molar refractivity (Wildman–Crippen MR) is 58.6 cm³/mol. The van der Waals surface area contributed by atoms with E-state index in [9.17, 15) is 13.2 Å². The van der Waals surface area contributed by atoms with Crippen LogP contribution in [0.1, 0.15) is 5.69 Å². The van der Waals surface area contributed by atoms with Crippen molar-refractivity contribution < 1.29 is 17.9 Å². The van der Waals surface area contributed by atoms with Crippen molar-refractivity contribution in [1.29, 1.82) is 0 Å². The van der Waals surface area contributed by atoms with Crippen LogP contribution >= 0.6 is 11.6 Å². The molecule has 0 amide bonds. The minimum absolute atomic E-state index is 0.158. The molecule has 0 aliphatic carbocycles. The molecule has 0 atom stereocenters. The largest absolute Gasteiger partial charge is 0.437 e. The Labute approximate surface area is 105 Å². The van der Waals surface area contributed by atoms with Crippen molar-refractivity contribution in [3.8, 4) is 11.6 Å². The van der Waals surface area contributed by atoms with Gasteiger partial charge in [-0.1, -0.05) is 17.7 Å². The lowest BCUT2D eigenvalue weighted by atomic mass is 10.3. The van der Waals surface area contributed by atoms with Crippen LogP contribution in [0.3, 0.4) is 0 Å². The number of aromatic nitrogens is 2. The smallest absolute Gasteiger partial charge is 0.433 e. The second kappa shape index (κ2) is 4.81. The van der Waals surface area contributed by atoms with Gasteiger partial charge in [0.1, 0.15) is 16.6 Å². The number of halogens is 4. The van der Waals surface area contributed by atoms with Gasteiger partial charge in [-0.05, 0) is 18.2 Å². The Morgan fingerprint density at radius 3 is 2.50 bits per heavy atom. The quantitative estimate of drug-likeness (QED) is 0.778. The molecule has 2 aromatic heterocycles. The fraction of sp³-hybridized carbons (Fsp3) is 0.0909. The fourth-order valence-electron chi connectivity index (χ4n) is 1.17. The molecule has 0 spiro atoms. The highest BCUT2D eigenvalue weighted by molar-refractivity contribution is 6.29. The first-order valence-corrected chi connectivity index (χ1v) is 5.16. The normalized spacial score (nSPS) is 11.3. The maximum absolute atomic E-state index is 12.4. The monoisotopic (exact) mass is 274 g/mol.